The van der Waals surface area contributed by atoms with Crippen LogP contribution in [-0.2, 0) is 6.42 Å². The van der Waals surface area contributed by atoms with E-state index in [1.807, 2.05) is 6.92 Å². The van der Waals surface area contributed by atoms with Crippen LogP contribution in [0.3, 0.4) is 0 Å². The molecule has 0 radical (unpaired) electrons. The molecule has 8 heteroatoms. The zero-order chi connectivity index (χ0) is 17.1. The molecule has 24 heavy (non-hydrogen) atoms. The van der Waals surface area contributed by atoms with Gasteiger partial charge in [-0.1, -0.05) is 23.2 Å². The second-order valence-corrected chi connectivity index (χ2v) is 8.01. The van der Waals surface area contributed by atoms with Crippen LogP contribution in [0.15, 0.2) is 29.6 Å². The van der Waals surface area contributed by atoms with Crippen LogP contribution >= 0.6 is 45.9 Å². The summed E-state index contributed by atoms with van der Waals surface area (Å²) in [6.45, 7) is 2.49. The minimum atomic E-state index is -0.325. The summed E-state index contributed by atoms with van der Waals surface area (Å²) in [6, 6.07) is 7.23. The summed E-state index contributed by atoms with van der Waals surface area (Å²) >= 11 is 15.1. The van der Waals surface area contributed by atoms with Gasteiger partial charge in [0.05, 0.1) is 20.6 Å². The van der Waals surface area contributed by atoms with E-state index in [2.05, 4.69) is 32.8 Å². The monoisotopic (exact) mass is 397 g/mol. The molecule has 0 saturated carbocycles. The Balaban J connectivity index is 1.58. The lowest BCUT2D eigenvalue weighted by Crippen LogP contribution is -2.26. The number of thiazole rings is 1. The Morgan fingerprint density at radius 1 is 1.21 bits per heavy atom. The predicted octanol–water partition coefficient (Wildman–Crippen LogP) is 4.85. The number of pyridine rings is 1. The highest BCUT2D eigenvalue weighted by Gasteiger charge is 2.13. The number of aromatic nitrogens is 2. The Morgan fingerprint density at radius 2 is 2.04 bits per heavy atom. The molecule has 124 valence electrons. The molecule has 0 aliphatic heterocycles. The molecule has 0 spiro atoms. The highest BCUT2D eigenvalue weighted by molar-refractivity contribution is 7.16. The van der Waals surface area contributed by atoms with Crippen molar-refractivity contribution in [2.45, 2.75) is 13.3 Å². The van der Waals surface area contributed by atoms with E-state index in [1.165, 1.54) is 4.88 Å². The number of thiophene rings is 1. The molecule has 1 amide bonds. The fourth-order valence-corrected chi connectivity index (χ4v) is 4.08. The Bertz CT molecular complexity index is 876. The minimum Gasteiger partial charge on any atom is -0.350 e. The van der Waals surface area contributed by atoms with Gasteiger partial charge in [-0.05, 0) is 37.6 Å². The summed E-state index contributed by atoms with van der Waals surface area (Å²) in [5.41, 5.74) is 1.15. The number of hydrogen-bond donors (Lipinski definition) is 1. The van der Waals surface area contributed by atoms with E-state index >= 15 is 0 Å². The van der Waals surface area contributed by atoms with Crippen LogP contribution in [-0.4, -0.2) is 22.4 Å². The quantitative estimate of drug-likeness (QED) is 0.625. The highest BCUT2D eigenvalue weighted by Crippen LogP contribution is 2.29. The Kier molecular flexibility index (Phi) is 5.50. The first-order chi connectivity index (χ1) is 11.5. The van der Waals surface area contributed by atoms with Crippen LogP contribution in [0, 0.1) is 6.92 Å². The van der Waals surface area contributed by atoms with Crippen molar-refractivity contribution in [2.24, 2.45) is 0 Å². The zero-order valence-corrected chi connectivity index (χ0v) is 15.8. The van der Waals surface area contributed by atoms with E-state index in [4.69, 9.17) is 23.2 Å². The molecule has 0 aromatic carbocycles. The van der Waals surface area contributed by atoms with Gasteiger partial charge in [-0.3, -0.25) is 4.79 Å². The summed E-state index contributed by atoms with van der Waals surface area (Å²) in [5, 5.41) is 6.45. The largest absolute Gasteiger partial charge is 0.350 e. The zero-order valence-electron chi connectivity index (χ0n) is 12.7. The van der Waals surface area contributed by atoms with E-state index in [1.54, 1.807) is 34.8 Å². The van der Waals surface area contributed by atoms with Gasteiger partial charge in [-0.15, -0.1) is 22.7 Å². The molecule has 0 bridgehead atoms. The SMILES string of the molecule is Cc1nc(-c2ccc(CCNC(=O)c3nc(Cl)ccc3Cl)s2)cs1. The number of hydrogen-bond acceptors (Lipinski definition) is 5. The summed E-state index contributed by atoms with van der Waals surface area (Å²) in [7, 11) is 0. The van der Waals surface area contributed by atoms with Gasteiger partial charge in [0.1, 0.15) is 10.8 Å². The van der Waals surface area contributed by atoms with Crippen LogP contribution in [0.1, 0.15) is 20.4 Å². The van der Waals surface area contributed by atoms with Crippen molar-refractivity contribution in [3.05, 3.63) is 55.4 Å². The highest BCUT2D eigenvalue weighted by atomic mass is 35.5. The molecule has 3 aromatic rings. The Hall–Kier alpha value is -1.47. The summed E-state index contributed by atoms with van der Waals surface area (Å²) < 4.78 is 0. The average Bonchev–Trinajstić information content (AvgIpc) is 3.18. The van der Waals surface area contributed by atoms with Crippen LogP contribution in [0.2, 0.25) is 10.2 Å². The molecule has 0 aliphatic rings. The molecule has 0 aliphatic carbocycles. The second-order valence-electron chi connectivity index (χ2n) is 4.99. The Labute approximate surface area is 157 Å². The topological polar surface area (TPSA) is 54.9 Å². The lowest BCUT2D eigenvalue weighted by Gasteiger charge is -2.05. The summed E-state index contributed by atoms with van der Waals surface area (Å²) in [5.74, 6) is -0.325. The number of rotatable bonds is 5. The first kappa shape index (κ1) is 17.4. The third-order valence-electron chi connectivity index (χ3n) is 3.22. The van der Waals surface area contributed by atoms with Crippen molar-refractivity contribution < 1.29 is 4.79 Å². The number of carbonyl (C=O) groups excluding carboxylic acids is 1. The summed E-state index contributed by atoms with van der Waals surface area (Å²) in [6.07, 6.45) is 0.734. The maximum Gasteiger partial charge on any atom is 0.271 e. The van der Waals surface area contributed by atoms with Crippen molar-refractivity contribution in [3.8, 4) is 10.6 Å². The molecule has 3 aromatic heterocycles. The van der Waals surface area contributed by atoms with E-state index in [0.717, 1.165) is 22.0 Å². The number of nitrogens with one attached hydrogen (secondary N) is 1. The summed E-state index contributed by atoms with van der Waals surface area (Å²) in [4.78, 5) is 22.9. The Morgan fingerprint density at radius 3 is 2.79 bits per heavy atom. The number of carbonyl (C=O) groups is 1. The van der Waals surface area contributed by atoms with Crippen molar-refractivity contribution in [3.63, 3.8) is 0 Å². The van der Waals surface area contributed by atoms with Crippen LogP contribution in [0.5, 0.6) is 0 Å². The third-order valence-corrected chi connectivity index (χ3v) is 5.67. The number of nitrogens with zero attached hydrogens (tertiary/aromatic N) is 2. The van der Waals surface area contributed by atoms with E-state index in [9.17, 15) is 4.79 Å². The molecule has 0 fully saturated rings. The van der Waals surface area contributed by atoms with Crippen molar-refractivity contribution in [2.75, 3.05) is 6.54 Å². The van der Waals surface area contributed by atoms with Gasteiger partial charge in [0.15, 0.2) is 0 Å². The fourth-order valence-electron chi connectivity index (χ4n) is 2.09. The standard InChI is InChI=1S/C16H13Cl2N3OS2/c1-9-20-12(8-23-9)13-4-2-10(24-13)6-7-19-16(22)15-11(17)3-5-14(18)21-15/h2-5,8H,6-7H2,1H3,(H,19,22). The second kappa shape index (κ2) is 7.61. The van der Waals surface area contributed by atoms with Gasteiger partial charge < -0.3 is 5.32 Å². The molecule has 1 N–H and O–H groups in total. The molecular weight excluding hydrogens is 385 g/mol. The molecule has 3 heterocycles. The van der Waals surface area contributed by atoms with Crippen LogP contribution in [0.25, 0.3) is 10.6 Å². The predicted molar refractivity (Wildman–Crippen MR) is 100 cm³/mol. The van der Waals surface area contributed by atoms with Gasteiger partial charge in [0.25, 0.3) is 5.91 Å². The van der Waals surface area contributed by atoms with Gasteiger partial charge in [-0.2, -0.15) is 0 Å². The molecule has 0 atom stereocenters. The number of aryl methyl sites for hydroxylation is 1. The van der Waals surface area contributed by atoms with Gasteiger partial charge in [-0.25, -0.2) is 9.97 Å². The normalized spacial score (nSPS) is 10.8. The van der Waals surface area contributed by atoms with Crippen LogP contribution < -0.4 is 5.32 Å². The number of halogens is 2. The van der Waals surface area contributed by atoms with Crippen molar-refractivity contribution >= 4 is 51.8 Å². The first-order valence-corrected chi connectivity index (χ1v) is 9.59. The lowest BCUT2D eigenvalue weighted by atomic mass is 10.3. The van der Waals surface area contributed by atoms with E-state index < -0.39 is 0 Å². The fraction of sp³-hybridized carbons (Fsp3) is 0.188. The van der Waals surface area contributed by atoms with Crippen molar-refractivity contribution in [1.29, 1.82) is 0 Å². The maximum absolute atomic E-state index is 12.1. The maximum atomic E-state index is 12.1. The van der Waals surface area contributed by atoms with Gasteiger partial charge in [0.2, 0.25) is 0 Å². The van der Waals surface area contributed by atoms with Gasteiger partial charge in [0, 0.05) is 16.8 Å². The van der Waals surface area contributed by atoms with Crippen molar-refractivity contribution in [1.82, 2.24) is 15.3 Å². The first-order valence-electron chi connectivity index (χ1n) is 7.14. The molecule has 0 saturated heterocycles. The molecule has 4 nitrogen and oxygen atoms in total. The molecular formula is C16H13Cl2N3OS2. The molecule has 3 rings (SSSR count). The van der Waals surface area contributed by atoms with E-state index in [-0.39, 0.29) is 21.8 Å². The average molecular weight is 398 g/mol. The van der Waals surface area contributed by atoms with Crippen LogP contribution in [0.4, 0.5) is 0 Å². The molecule has 0 unspecified atom stereocenters. The smallest absolute Gasteiger partial charge is 0.271 e. The lowest BCUT2D eigenvalue weighted by molar-refractivity contribution is 0.0949. The number of amides is 1. The third kappa shape index (κ3) is 4.13. The minimum absolute atomic E-state index is 0.147. The van der Waals surface area contributed by atoms with E-state index in [0.29, 0.717) is 6.54 Å². The van der Waals surface area contributed by atoms with Gasteiger partial charge >= 0.3 is 0 Å².